The maximum atomic E-state index is 8.93. The molecule has 0 aliphatic carbocycles. The molecular weight excluding hydrogens is 266 g/mol. The van der Waals surface area contributed by atoms with Crippen LogP contribution in [0.4, 0.5) is 0 Å². The summed E-state index contributed by atoms with van der Waals surface area (Å²) in [5.41, 5.74) is 2.02. The van der Waals surface area contributed by atoms with Gasteiger partial charge in [-0.2, -0.15) is 0 Å². The highest BCUT2D eigenvalue weighted by Gasteiger charge is 2.06. The Morgan fingerprint density at radius 2 is 2.05 bits per heavy atom. The average molecular weight is 291 g/mol. The predicted molar refractivity (Wildman–Crippen MR) is 84.2 cm³/mol. The van der Waals surface area contributed by atoms with Crippen LogP contribution in [0.3, 0.4) is 0 Å². The largest absolute Gasteiger partial charge is 0.495 e. The third-order valence-electron chi connectivity index (χ3n) is 3.21. The van der Waals surface area contributed by atoms with Crippen molar-refractivity contribution >= 4 is 0 Å². The Bertz CT molecular complexity index is 477. The standard InChI is InChI=1S/C17H25NO3/c1-3-18(10-6-12-20)14-15-8-9-17(21-2)16(13-15)7-4-5-11-19/h8-9,13,19-20H,3,5-6,10-12,14H2,1-2H3. The number of aliphatic hydroxyl groups excluding tert-OH is 2. The van der Waals surface area contributed by atoms with Crippen molar-refractivity contribution in [1.29, 1.82) is 0 Å². The van der Waals surface area contributed by atoms with Crippen LogP contribution in [-0.2, 0) is 6.54 Å². The summed E-state index contributed by atoms with van der Waals surface area (Å²) in [5.74, 6) is 6.73. The third kappa shape index (κ3) is 6.17. The van der Waals surface area contributed by atoms with Crippen molar-refractivity contribution in [2.24, 2.45) is 0 Å². The zero-order valence-corrected chi connectivity index (χ0v) is 12.9. The summed E-state index contributed by atoms with van der Waals surface area (Å²) in [6.45, 7) is 5.05. The summed E-state index contributed by atoms with van der Waals surface area (Å²) in [6, 6.07) is 6.00. The fourth-order valence-corrected chi connectivity index (χ4v) is 2.07. The zero-order valence-electron chi connectivity index (χ0n) is 12.9. The molecule has 0 aliphatic rings. The lowest BCUT2D eigenvalue weighted by molar-refractivity contribution is 0.225. The highest BCUT2D eigenvalue weighted by molar-refractivity contribution is 5.48. The van der Waals surface area contributed by atoms with E-state index in [-0.39, 0.29) is 13.2 Å². The second-order valence-electron chi connectivity index (χ2n) is 4.76. The van der Waals surface area contributed by atoms with E-state index in [4.69, 9.17) is 14.9 Å². The number of hydrogen-bond acceptors (Lipinski definition) is 4. The molecule has 1 rings (SSSR count). The van der Waals surface area contributed by atoms with E-state index in [1.165, 1.54) is 5.56 Å². The normalized spacial score (nSPS) is 10.3. The molecule has 1 aromatic rings. The van der Waals surface area contributed by atoms with Gasteiger partial charge in [-0.05, 0) is 30.7 Å². The Labute approximate surface area is 127 Å². The maximum Gasteiger partial charge on any atom is 0.134 e. The summed E-state index contributed by atoms with van der Waals surface area (Å²) in [4.78, 5) is 2.28. The first-order valence-corrected chi connectivity index (χ1v) is 7.35. The van der Waals surface area contributed by atoms with E-state index in [0.717, 1.165) is 37.4 Å². The molecule has 0 saturated carbocycles. The number of hydrogen-bond donors (Lipinski definition) is 2. The van der Waals surface area contributed by atoms with E-state index in [0.29, 0.717) is 6.42 Å². The van der Waals surface area contributed by atoms with Crippen molar-refractivity contribution < 1.29 is 14.9 Å². The van der Waals surface area contributed by atoms with Crippen molar-refractivity contribution in [2.75, 3.05) is 33.4 Å². The van der Waals surface area contributed by atoms with Crippen molar-refractivity contribution in [1.82, 2.24) is 4.90 Å². The van der Waals surface area contributed by atoms with Gasteiger partial charge in [-0.1, -0.05) is 24.8 Å². The number of benzene rings is 1. The fraction of sp³-hybridized carbons (Fsp3) is 0.529. The molecule has 21 heavy (non-hydrogen) atoms. The minimum absolute atomic E-state index is 0.0692. The van der Waals surface area contributed by atoms with Crippen LogP contribution in [-0.4, -0.2) is 48.5 Å². The van der Waals surface area contributed by atoms with Gasteiger partial charge in [-0.15, -0.1) is 0 Å². The quantitative estimate of drug-likeness (QED) is 0.715. The Hall–Kier alpha value is -1.54. The van der Waals surface area contributed by atoms with Crippen LogP contribution in [0.2, 0.25) is 0 Å². The molecule has 1 aromatic carbocycles. The van der Waals surface area contributed by atoms with Gasteiger partial charge < -0.3 is 14.9 Å². The number of aliphatic hydroxyl groups is 2. The highest BCUT2D eigenvalue weighted by Crippen LogP contribution is 2.20. The van der Waals surface area contributed by atoms with E-state index in [1.54, 1.807) is 7.11 Å². The van der Waals surface area contributed by atoms with Crippen LogP contribution >= 0.6 is 0 Å². The molecule has 0 atom stereocenters. The topological polar surface area (TPSA) is 52.9 Å². The van der Waals surface area contributed by atoms with Gasteiger partial charge in [-0.25, -0.2) is 0 Å². The molecule has 0 unspecified atom stereocenters. The molecule has 0 aliphatic heterocycles. The monoisotopic (exact) mass is 291 g/mol. The van der Waals surface area contributed by atoms with Crippen LogP contribution < -0.4 is 4.74 Å². The van der Waals surface area contributed by atoms with Crippen LogP contribution in [0.5, 0.6) is 5.75 Å². The van der Waals surface area contributed by atoms with E-state index >= 15 is 0 Å². The number of rotatable bonds is 8. The molecule has 0 fully saturated rings. The van der Waals surface area contributed by atoms with Crippen LogP contribution in [0.15, 0.2) is 18.2 Å². The van der Waals surface area contributed by atoms with Crippen molar-refractivity contribution in [3.05, 3.63) is 29.3 Å². The van der Waals surface area contributed by atoms with Gasteiger partial charge >= 0.3 is 0 Å². The van der Waals surface area contributed by atoms with Crippen LogP contribution in [0.25, 0.3) is 0 Å². The number of nitrogens with zero attached hydrogens (tertiary/aromatic N) is 1. The second kappa shape index (κ2) is 10.2. The molecule has 0 spiro atoms. The predicted octanol–water partition coefficient (Wildman–Crippen LogP) is 1.63. The van der Waals surface area contributed by atoms with E-state index in [1.807, 2.05) is 18.2 Å². The van der Waals surface area contributed by atoms with E-state index in [2.05, 4.69) is 23.7 Å². The third-order valence-corrected chi connectivity index (χ3v) is 3.21. The lowest BCUT2D eigenvalue weighted by Gasteiger charge is -2.20. The van der Waals surface area contributed by atoms with E-state index in [9.17, 15) is 0 Å². The smallest absolute Gasteiger partial charge is 0.134 e. The first-order chi connectivity index (χ1) is 10.2. The first kappa shape index (κ1) is 17.5. The van der Waals surface area contributed by atoms with Crippen molar-refractivity contribution in [3.8, 4) is 17.6 Å². The summed E-state index contributed by atoms with van der Waals surface area (Å²) in [5, 5.41) is 17.7. The average Bonchev–Trinajstić information content (AvgIpc) is 2.52. The molecule has 0 bridgehead atoms. The Kier molecular flexibility index (Phi) is 8.53. The Morgan fingerprint density at radius 3 is 2.67 bits per heavy atom. The molecule has 4 nitrogen and oxygen atoms in total. The maximum absolute atomic E-state index is 8.93. The van der Waals surface area contributed by atoms with Crippen LogP contribution in [0.1, 0.15) is 30.9 Å². The molecule has 0 aromatic heterocycles. The number of ether oxygens (including phenoxy) is 1. The van der Waals surface area contributed by atoms with Gasteiger partial charge in [0.1, 0.15) is 5.75 Å². The van der Waals surface area contributed by atoms with Crippen molar-refractivity contribution in [3.63, 3.8) is 0 Å². The molecule has 116 valence electrons. The lowest BCUT2D eigenvalue weighted by atomic mass is 10.1. The second-order valence-corrected chi connectivity index (χ2v) is 4.76. The van der Waals surface area contributed by atoms with E-state index < -0.39 is 0 Å². The van der Waals surface area contributed by atoms with Gasteiger partial charge in [0.15, 0.2) is 0 Å². The van der Waals surface area contributed by atoms with Gasteiger partial charge in [-0.3, -0.25) is 4.90 Å². The van der Waals surface area contributed by atoms with Gasteiger partial charge in [0.05, 0.1) is 19.3 Å². The summed E-state index contributed by atoms with van der Waals surface area (Å²) in [7, 11) is 1.63. The SMILES string of the molecule is CCN(CCCO)Cc1ccc(OC)c(C#CCCO)c1. The molecule has 4 heteroatoms. The fourth-order valence-electron chi connectivity index (χ4n) is 2.07. The van der Waals surface area contributed by atoms with Gasteiger partial charge in [0, 0.05) is 26.1 Å². The summed E-state index contributed by atoms with van der Waals surface area (Å²) >= 11 is 0. The molecule has 0 saturated heterocycles. The molecule has 2 N–H and O–H groups in total. The van der Waals surface area contributed by atoms with Crippen LogP contribution in [0, 0.1) is 11.8 Å². The highest BCUT2D eigenvalue weighted by atomic mass is 16.5. The molecule has 0 amide bonds. The molecule has 0 radical (unpaired) electrons. The van der Waals surface area contributed by atoms with Gasteiger partial charge in [0.25, 0.3) is 0 Å². The first-order valence-electron chi connectivity index (χ1n) is 7.35. The summed E-state index contributed by atoms with van der Waals surface area (Å²) in [6.07, 6.45) is 1.25. The Morgan fingerprint density at radius 1 is 1.24 bits per heavy atom. The van der Waals surface area contributed by atoms with Crippen molar-refractivity contribution in [2.45, 2.75) is 26.3 Å². The minimum Gasteiger partial charge on any atom is -0.495 e. The molecular formula is C17H25NO3. The molecule has 0 heterocycles. The zero-order chi connectivity index (χ0) is 15.5. The lowest BCUT2D eigenvalue weighted by Crippen LogP contribution is -2.24. The Balaban J connectivity index is 2.84. The van der Waals surface area contributed by atoms with Gasteiger partial charge in [0.2, 0.25) is 0 Å². The minimum atomic E-state index is 0.0692. The number of methoxy groups -OCH3 is 1. The summed E-state index contributed by atoms with van der Waals surface area (Å²) < 4.78 is 5.32.